The van der Waals surface area contributed by atoms with Gasteiger partial charge in [-0.3, -0.25) is 19.7 Å². The molecule has 0 aliphatic carbocycles. The van der Waals surface area contributed by atoms with Crippen LogP contribution >= 0.6 is 0 Å². The highest BCUT2D eigenvalue weighted by atomic mass is 16.6. The van der Waals surface area contributed by atoms with Crippen molar-refractivity contribution in [3.63, 3.8) is 0 Å². The first-order chi connectivity index (χ1) is 16.1. The van der Waals surface area contributed by atoms with E-state index in [2.05, 4.69) is 16.5 Å². The summed E-state index contributed by atoms with van der Waals surface area (Å²) in [6.07, 6.45) is 1.42. The number of nitro benzene ring substituents is 1. The van der Waals surface area contributed by atoms with Crippen LogP contribution in [0.15, 0.2) is 36.9 Å². The van der Waals surface area contributed by atoms with Crippen LogP contribution in [0.2, 0.25) is 0 Å². The Morgan fingerprint density at radius 3 is 2.62 bits per heavy atom. The molecule has 0 saturated carbocycles. The van der Waals surface area contributed by atoms with Crippen molar-refractivity contribution in [1.29, 1.82) is 0 Å². The van der Waals surface area contributed by atoms with Crippen molar-refractivity contribution in [1.82, 2.24) is 19.8 Å². The van der Waals surface area contributed by atoms with E-state index in [1.807, 2.05) is 0 Å². The van der Waals surface area contributed by atoms with E-state index in [-0.39, 0.29) is 60.7 Å². The van der Waals surface area contributed by atoms with Gasteiger partial charge in [0.25, 0.3) is 17.5 Å². The molecule has 0 bridgehead atoms. The summed E-state index contributed by atoms with van der Waals surface area (Å²) in [7, 11) is 0. The average molecular weight is 467 g/mol. The highest BCUT2D eigenvalue weighted by Gasteiger charge is 2.34. The standard InChI is InChI=1S/C23H25N5O6/c1-5-11-34-23(31)19-15(3)24-16(4)25-20(19)22(30)26-9-10-27(14(2)13-26)21(29)17-7-6-8-18(12-17)28(32)33/h5-8,12,14H,1,9-11,13H2,2-4H3. The number of nitro groups is 1. The van der Waals surface area contributed by atoms with Gasteiger partial charge in [0.1, 0.15) is 23.7 Å². The molecule has 1 aliphatic rings. The lowest BCUT2D eigenvalue weighted by Gasteiger charge is -2.40. The summed E-state index contributed by atoms with van der Waals surface area (Å²) in [4.78, 5) is 60.9. The van der Waals surface area contributed by atoms with Gasteiger partial charge in [-0.25, -0.2) is 14.8 Å². The Labute approximate surface area is 196 Å². The van der Waals surface area contributed by atoms with Gasteiger partial charge in [0, 0.05) is 43.4 Å². The number of amides is 2. The topological polar surface area (TPSA) is 136 Å². The van der Waals surface area contributed by atoms with Crippen molar-refractivity contribution in [2.75, 3.05) is 26.2 Å². The largest absolute Gasteiger partial charge is 0.458 e. The molecule has 0 spiro atoms. The lowest BCUT2D eigenvalue weighted by atomic mass is 10.1. The van der Waals surface area contributed by atoms with E-state index in [1.165, 1.54) is 35.2 Å². The van der Waals surface area contributed by atoms with Crippen LogP contribution in [0.4, 0.5) is 5.69 Å². The van der Waals surface area contributed by atoms with Crippen molar-refractivity contribution in [3.8, 4) is 0 Å². The van der Waals surface area contributed by atoms with E-state index in [4.69, 9.17) is 4.74 Å². The summed E-state index contributed by atoms with van der Waals surface area (Å²) in [5.41, 5.74) is 0.315. The Balaban J connectivity index is 1.81. The number of hydrogen-bond donors (Lipinski definition) is 0. The van der Waals surface area contributed by atoms with Gasteiger partial charge in [0.2, 0.25) is 0 Å². The van der Waals surface area contributed by atoms with Crippen LogP contribution in [-0.2, 0) is 4.74 Å². The monoisotopic (exact) mass is 467 g/mol. The number of rotatable bonds is 6. The number of benzene rings is 1. The van der Waals surface area contributed by atoms with Gasteiger partial charge in [-0.05, 0) is 26.8 Å². The lowest BCUT2D eigenvalue weighted by Crippen LogP contribution is -2.55. The number of esters is 1. The average Bonchev–Trinajstić information content (AvgIpc) is 2.81. The predicted octanol–water partition coefficient (Wildman–Crippen LogP) is 2.33. The van der Waals surface area contributed by atoms with Crippen molar-refractivity contribution in [2.24, 2.45) is 0 Å². The summed E-state index contributed by atoms with van der Waals surface area (Å²) < 4.78 is 5.11. The number of aryl methyl sites for hydroxylation is 2. The number of piperazine rings is 1. The molecule has 3 rings (SSSR count). The minimum Gasteiger partial charge on any atom is -0.458 e. The normalized spacial score (nSPS) is 15.6. The molecule has 178 valence electrons. The van der Waals surface area contributed by atoms with Crippen molar-refractivity contribution >= 4 is 23.5 Å². The molecule has 34 heavy (non-hydrogen) atoms. The lowest BCUT2D eigenvalue weighted by molar-refractivity contribution is -0.384. The van der Waals surface area contributed by atoms with Gasteiger partial charge in [-0.2, -0.15) is 0 Å². The first-order valence-electron chi connectivity index (χ1n) is 10.6. The van der Waals surface area contributed by atoms with Crippen LogP contribution in [0.3, 0.4) is 0 Å². The van der Waals surface area contributed by atoms with Gasteiger partial charge in [-0.15, -0.1) is 0 Å². The van der Waals surface area contributed by atoms with Gasteiger partial charge >= 0.3 is 5.97 Å². The number of non-ortho nitro benzene ring substituents is 1. The second-order valence-electron chi connectivity index (χ2n) is 7.87. The fourth-order valence-corrected chi connectivity index (χ4v) is 3.83. The number of carbonyl (C=O) groups is 3. The van der Waals surface area contributed by atoms with Crippen LogP contribution in [0, 0.1) is 24.0 Å². The summed E-state index contributed by atoms with van der Waals surface area (Å²) in [6, 6.07) is 5.17. The minimum absolute atomic E-state index is 0.000189. The van der Waals surface area contributed by atoms with Gasteiger partial charge < -0.3 is 14.5 Å². The van der Waals surface area contributed by atoms with Crippen LogP contribution in [-0.4, -0.2) is 74.8 Å². The highest BCUT2D eigenvalue weighted by molar-refractivity contribution is 6.04. The van der Waals surface area contributed by atoms with Crippen LogP contribution < -0.4 is 0 Å². The predicted molar refractivity (Wildman–Crippen MR) is 121 cm³/mol. The highest BCUT2D eigenvalue weighted by Crippen LogP contribution is 2.21. The Hall–Kier alpha value is -4.15. The molecule has 2 heterocycles. The fraction of sp³-hybridized carbons (Fsp3) is 0.348. The summed E-state index contributed by atoms with van der Waals surface area (Å²) in [6.45, 7) is 9.12. The zero-order valence-electron chi connectivity index (χ0n) is 19.2. The summed E-state index contributed by atoms with van der Waals surface area (Å²) in [5, 5.41) is 11.0. The number of ether oxygens (including phenoxy) is 1. The number of nitrogens with zero attached hydrogens (tertiary/aromatic N) is 5. The SMILES string of the molecule is C=CCOC(=O)c1c(C)nc(C)nc1C(=O)N1CCN(C(=O)c2cccc([N+](=O)[O-])c2)C(C)C1. The maximum atomic E-state index is 13.3. The van der Waals surface area contributed by atoms with Gasteiger partial charge in [0.15, 0.2) is 0 Å². The molecular weight excluding hydrogens is 442 g/mol. The molecule has 1 saturated heterocycles. The fourth-order valence-electron chi connectivity index (χ4n) is 3.83. The molecule has 1 fully saturated rings. The van der Waals surface area contributed by atoms with Crippen molar-refractivity contribution < 1.29 is 24.0 Å². The van der Waals surface area contributed by atoms with E-state index >= 15 is 0 Å². The molecular formula is C23H25N5O6. The van der Waals surface area contributed by atoms with Crippen LogP contribution in [0.1, 0.15) is 49.6 Å². The Kier molecular flexibility index (Phi) is 7.34. The van der Waals surface area contributed by atoms with E-state index in [9.17, 15) is 24.5 Å². The molecule has 0 radical (unpaired) electrons. The third-order valence-electron chi connectivity index (χ3n) is 5.42. The smallest absolute Gasteiger partial charge is 0.342 e. The Morgan fingerprint density at radius 2 is 1.97 bits per heavy atom. The second kappa shape index (κ2) is 10.2. The number of carbonyl (C=O) groups excluding carboxylic acids is 3. The van der Waals surface area contributed by atoms with Gasteiger partial charge in [-0.1, -0.05) is 18.7 Å². The number of hydrogen-bond acceptors (Lipinski definition) is 8. The van der Waals surface area contributed by atoms with Crippen molar-refractivity contribution in [2.45, 2.75) is 26.8 Å². The first kappa shape index (κ1) is 24.5. The third-order valence-corrected chi connectivity index (χ3v) is 5.42. The molecule has 1 unspecified atom stereocenters. The molecule has 1 aliphatic heterocycles. The van der Waals surface area contributed by atoms with Gasteiger partial charge in [0.05, 0.1) is 10.6 Å². The Morgan fingerprint density at radius 1 is 1.24 bits per heavy atom. The second-order valence-corrected chi connectivity index (χ2v) is 7.87. The number of aromatic nitrogens is 2. The van der Waals surface area contributed by atoms with E-state index in [0.29, 0.717) is 11.5 Å². The van der Waals surface area contributed by atoms with E-state index in [1.54, 1.807) is 25.7 Å². The van der Waals surface area contributed by atoms with E-state index in [0.717, 1.165) is 0 Å². The van der Waals surface area contributed by atoms with Crippen LogP contribution in [0.5, 0.6) is 0 Å². The van der Waals surface area contributed by atoms with Crippen molar-refractivity contribution in [3.05, 3.63) is 75.4 Å². The molecule has 11 nitrogen and oxygen atoms in total. The maximum Gasteiger partial charge on any atom is 0.342 e. The first-order valence-corrected chi connectivity index (χ1v) is 10.6. The maximum absolute atomic E-state index is 13.3. The van der Waals surface area contributed by atoms with Crippen LogP contribution in [0.25, 0.3) is 0 Å². The summed E-state index contributed by atoms with van der Waals surface area (Å²) in [5.74, 6) is -1.19. The van der Waals surface area contributed by atoms with E-state index < -0.39 is 16.8 Å². The quantitative estimate of drug-likeness (QED) is 0.273. The molecule has 2 amide bonds. The zero-order chi connectivity index (χ0) is 25.0. The molecule has 1 aromatic carbocycles. The molecule has 2 aromatic rings. The Bertz CT molecular complexity index is 1160. The zero-order valence-corrected chi connectivity index (χ0v) is 19.2. The molecule has 11 heteroatoms. The third kappa shape index (κ3) is 5.08. The molecule has 1 atom stereocenters. The molecule has 1 aromatic heterocycles. The summed E-state index contributed by atoms with van der Waals surface area (Å²) >= 11 is 0. The molecule has 0 N–H and O–H groups in total. The minimum atomic E-state index is -0.715.